The Morgan fingerprint density at radius 1 is 1.33 bits per heavy atom. The van der Waals surface area contributed by atoms with Crippen LogP contribution < -0.4 is 0 Å². The van der Waals surface area contributed by atoms with Gasteiger partial charge < -0.3 is 10.1 Å². The zero-order valence-electron chi connectivity index (χ0n) is 8.90. The second-order valence-corrected chi connectivity index (χ2v) is 2.70. The summed E-state index contributed by atoms with van der Waals surface area (Å²) in [6.45, 7) is 5.79. The van der Waals surface area contributed by atoms with Crippen molar-refractivity contribution in [3.8, 4) is 0 Å². The average molecular weight is 207 g/mol. The second-order valence-electron chi connectivity index (χ2n) is 2.70. The van der Waals surface area contributed by atoms with Gasteiger partial charge in [0.2, 0.25) is 0 Å². The van der Waals surface area contributed by atoms with Crippen molar-refractivity contribution in [1.82, 2.24) is 15.0 Å². The minimum absolute atomic E-state index is 0.0130. The summed E-state index contributed by atoms with van der Waals surface area (Å²) >= 11 is 0. The second kappa shape index (κ2) is 4.54. The number of aromatic nitrogens is 3. The molecule has 2 rings (SSSR count). The molecule has 2 heterocycles. The van der Waals surface area contributed by atoms with Crippen molar-refractivity contribution in [3.63, 3.8) is 0 Å². The molecule has 0 fully saturated rings. The molecule has 15 heavy (non-hydrogen) atoms. The van der Waals surface area contributed by atoms with E-state index in [4.69, 9.17) is 5.11 Å². The molecule has 80 valence electrons. The molecule has 0 atom stereocenters. The molecule has 2 N–H and O–H groups in total. The third kappa shape index (κ3) is 2.31. The average Bonchev–Trinajstić information content (AvgIpc) is 2.59. The van der Waals surface area contributed by atoms with Crippen molar-refractivity contribution in [3.05, 3.63) is 23.7 Å². The van der Waals surface area contributed by atoms with Crippen molar-refractivity contribution >= 4 is 17.1 Å². The predicted octanol–water partition coefficient (Wildman–Crippen LogP) is 1.99. The van der Waals surface area contributed by atoms with Gasteiger partial charge in [-0.25, -0.2) is 14.8 Å². The van der Waals surface area contributed by atoms with Crippen LogP contribution in [0.3, 0.4) is 0 Å². The topological polar surface area (TPSA) is 78.9 Å². The third-order valence-corrected chi connectivity index (χ3v) is 1.68. The molecule has 0 aliphatic rings. The molecule has 0 aliphatic carbocycles. The number of rotatable bonds is 1. The number of fused-ring (bicyclic) bond motifs is 1. The van der Waals surface area contributed by atoms with Gasteiger partial charge in [-0.3, -0.25) is 0 Å². The minimum atomic E-state index is -1.04. The van der Waals surface area contributed by atoms with Crippen molar-refractivity contribution < 1.29 is 9.90 Å². The SMILES string of the molecule is CC.Cc1nc2nc(C(=O)O)ccc2[nH]1. The first kappa shape index (κ1) is 11.2. The fourth-order valence-corrected chi connectivity index (χ4v) is 1.13. The molecule has 0 spiro atoms. The maximum absolute atomic E-state index is 10.6. The Morgan fingerprint density at radius 2 is 2.00 bits per heavy atom. The van der Waals surface area contributed by atoms with Gasteiger partial charge in [0, 0.05) is 0 Å². The lowest BCUT2D eigenvalue weighted by Crippen LogP contribution is -1.99. The van der Waals surface area contributed by atoms with Gasteiger partial charge in [0.25, 0.3) is 0 Å². The van der Waals surface area contributed by atoms with E-state index in [-0.39, 0.29) is 5.69 Å². The highest BCUT2D eigenvalue weighted by Gasteiger charge is 2.07. The van der Waals surface area contributed by atoms with Gasteiger partial charge in [-0.1, -0.05) is 13.8 Å². The summed E-state index contributed by atoms with van der Waals surface area (Å²) in [6, 6.07) is 3.11. The van der Waals surface area contributed by atoms with Gasteiger partial charge in [0.15, 0.2) is 11.3 Å². The van der Waals surface area contributed by atoms with Crippen LogP contribution in [-0.4, -0.2) is 26.0 Å². The summed E-state index contributed by atoms with van der Waals surface area (Å²) in [7, 11) is 0. The standard InChI is InChI=1S/C8H7N3O2.C2H6/c1-4-9-5-2-3-6(8(12)13)11-7(5)10-4;1-2/h2-3H,1H3,(H,12,13)(H,9,10,11);1-2H3. The van der Waals surface area contributed by atoms with Crippen LogP contribution in [0.1, 0.15) is 30.2 Å². The number of H-pyrrole nitrogens is 1. The van der Waals surface area contributed by atoms with Crippen LogP contribution in [0, 0.1) is 6.92 Å². The van der Waals surface area contributed by atoms with Crippen molar-refractivity contribution in [2.24, 2.45) is 0 Å². The van der Waals surface area contributed by atoms with E-state index in [1.165, 1.54) is 6.07 Å². The van der Waals surface area contributed by atoms with Crippen molar-refractivity contribution in [2.45, 2.75) is 20.8 Å². The first-order valence-corrected chi connectivity index (χ1v) is 4.73. The monoisotopic (exact) mass is 207 g/mol. The fraction of sp³-hybridized carbons (Fsp3) is 0.300. The molecule has 0 bridgehead atoms. The number of imidazole rings is 1. The molecular weight excluding hydrogens is 194 g/mol. The number of carbonyl (C=O) groups is 1. The lowest BCUT2D eigenvalue weighted by Gasteiger charge is -1.91. The van der Waals surface area contributed by atoms with E-state index in [0.29, 0.717) is 5.65 Å². The number of hydrogen-bond acceptors (Lipinski definition) is 3. The first-order valence-electron chi connectivity index (χ1n) is 4.73. The number of carboxylic acids is 1. The van der Waals surface area contributed by atoms with Crippen molar-refractivity contribution in [2.75, 3.05) is 0 Å². The molecule has 0 amide bonds. The summed E-state index contributed by atoms with van der Waals surface area (Å²) in [5.74, 6) is -0.312. The van der Waals surface area contributed by atoms with Gasteiger partial charge in [-0.15, -0.1) is 0 Å². The summed E-state index contributed by atoms with van der Waals surface area (Å²) in [5.41, 5.74) is 1.21. The van der Waals surface area contributed by atoms with Gasteiger partial charge in [0.05, 0.1) is 5.52 Å². The van der Waals surface area contributed by atoms with E-state index < -0.39 is 5.97 Å². The third-order valence-electron chi connectivity index (χ3n) is 1.68. The number of hydrogen-bond donors (Lipinski definition) is 2. The van der Waals surface area contributed by atoms with Crippen LogP contribution in [0.25, 0.3) is 11.2 Å². The summed E-state index contributed by atoms with van der Waals surface area (Å²) in [4.78, 5) is 21.4. The number of pyridine rings is 1. The maximum atomic E-state index is 10.6. The van der Waals surface area contributed by atoms with Crippen LogP contribution in [-0.2, 0) is 0 Å². The smallest absolute Gasteiger partial charge is 0.354 e. The molecule has 2 aromatic heterocycles. The van der Waals surface area contributed by atoms with E-state index in [0.717, 1.165) is 11.3 Å². The number of carboxylic acid groups (broad SMARTS) is 1. The Morgan fingerprint density at radius 3 is 2.60 bits per heavy atom. The molecule has 0 saturated carbocycles. The molecule has 0 unspecified atom stereocenters. The summed E-state index contributed by atoms with van der Waals surface area (Å²) < 4.78 is 0. The van der Waals surface area contributed by atoms with Crippen LogP contribution in [0.2, 0.25) is 0 Å². The van der Waals surface area contributed by atoms with Gasteiger partial charge >= 0.3 is 5.97 Å². The molecule has 2 aromatic rings. The van der Waals surface area contributed by atoms with Crippen LogP contribution >= 0.6 is 0 Å². The Labute approximate surface area is 87.2 Å². The number of aromatic amines is 1. The lowest BCUT2D eigenvalue weighted by atomic mass is 10.3. The number of aromatic carboxylic acids is 1. The normalized spacial score (nSPS) is 9.53. The first-order chi connectivity index (χ1) is 7.16. The summed E-state index contributed by atoms with van der Waals surface area (Å²) in [6.07, 6.45) is 0. The molecule has 0 saturated heterocycles. The number of nitrogens with one attached hydrogen (secondary N) is 1. The van der Waals surface area contributed by atoms with Crippen LogP contribution in [0.15, 0.2) is 12.1 Å². The van der Waals surface area contributed by atoms with Crippen LogP contribution in [0.4, 0.5) is 0 Å². The van der Waals surface area contributed by atoms with Crippen molar-refractivity contribution in [1.29, 1.82) is 0 Å². The molecular formula is C10H13N3O2. The molecule has 5 nitrogen and oxygen atoms in total. The van der Waals surface area contributed by atoms with Gasteiger partial charge in [-0.2, -0.15) is 0 Å². The number of nitrogens with zero attached hydrogens (tertiary/aromatic N) is 2. The zero-order valence-corrected chi connectivity index (χ0v) is 8.90. The molecule has 0 aliphatic heterocycles. The zero-order chi connectivity index (χ0) is 11.4. The summed E-state index contributed by atoms with van der Waals surface area (Å²) in [5, 5.41) is 8.65. The Hall–Kier alpha value is -1.91. The van der Waals surface area contributed by atoms with E-state index in [1.54, 1.807) is 13.0 Å². The van der Waals surface area contributed by atoms with E-state index in [1.807, 2.05) is 13.8 Å². The van der Waals surface area contributed by atoms with Crippen LogP contribution in [0.5, 0.6) is 0 Å². The molecule has 0 aromatic carbocycles. The predicted molar refractivity (Wildman–Crippen MR) is 56.9 cm³/mol. The highest BCUT2D eigenvalue weighted by Crippen LogP contribution is 2.09. The van der Waals surface area contributed by atoms with E-state index in [9.17, 15) is 4.79 Å². The minimum Gasteiger partial charge on any atom is -0.477 e. The number of aryl methyl sites for hydroxylation is 1. The lowest BCUT2D eigenvalue weighted by molar-refractivity contribution is 0.0691. The Balaban J connectivity index is 0.000000531. The van der Waals surface area contributed by atoms with Gasteiger partial charge in [-0.05, 0) is 19.1 Å². The Bertz CT molecular complexity index is 476. The molecule has 5 heteroatoms. The van der Waals surface area contributed by atoms with E-state index in [2.05, 4.69) is 15.0 Å². The largest absolute Gasteiger partial charge is 0.477 e. The highest BCUT2D eigenvalue weighted by molar-refractivity contribution is 5.88. The highest BCUT2D eigenvalue weighted by atomic mass is 16.4. The molecule has 0 radical (unpaired) electrons. The Kier molecular flexibility index (Phi) is 3.38. The quantitative estimate of drug-likeness (QED) is 0.749. The maximum Gasteiger partial charge on any atom is 0.354 e. The van der Waals surface area contributed by atoms with Gasteiger partial charge in [0.1, 0.15) is 5.82 Å². The van der Waals surface area contributed by atoms with E-state index >= 15 is 0 Å². The fourth-order valence-electron chi connectivity index (χ4n) is 1.13.